The second-order valence-electron chi connectivity index (χ2n) is 6.51. The van der Waals surface area contributed by atoms with E-state index in [-0.39, 0.29) is 17.2 Å². The zero-order valence-electron chi connectivity index (χ0n) is 12.9. The Hall–Kier alpha value is -1.20. The minimum atomic E-state index is -2.78. The Kier molecular flexibility index (Phi) is 5.17. The number of nitrogens with one attached hydrogen (secondary N) is 1. The number of nitrogens with zero attached hydrogens (tertiary/aromatic N) is 1. The van der Waals surface area contributed by atoms with E-state index in [9.17, 15) is 8.78 Å². The third-order valence-corrected chi connectivity index (χ3v) is 3.74. The van der Waals surface area contributed by atoms with Crippen LogP contribution >= 0.6 is 0 Å². The highest BCUT2D eigenvalue weighted by Crippen LogP contribution is 2.39. The zero-order chi connectivity index (χ0) is 15.5. The molecule has 1 heterocycles. The molecule has 0 spiro atoms. The van der Waals surface area contributed by atoms with E-state index in [1.807, 2.05) is 6.07 Å². The largest absolute Gasteiger partial charge is 0.435 e. The molecule has 1 atom stereocenters. The van der Waals surface area contributed by atoms with Gasteiger partial charge in [0.1, 0.15) is 5.75 Å². The number of piperazine rings is 1. The molecule has 0 aliphatic carbocycles. The monoisotopic (exact) mass is 298 g/mol. The topological polar surface area (TPSA) is 24.5 Å². The molecule has 3 nitrogen and oxygen atoms in total. The minimum Gasteiger partial charge on any atom is -0.435 e. The molecule has 0 radical (unpaired) electrons. The summed E-state index contributed by atoms with van der Waals surface area (Å²) in [6.45, 7) is 7.59. The molecule has 1 aliphatic rings. The van der Waals surface area contributed by atoms with Crippen molar-refractivity contribution in [2.45, 2.75) is 33.4 Å². The molecule has 0 unspecified atom stereocenters. The predicted molar refractivity (Wildman–Crippen MR) is 79.7 cm³/mol. The van der Waals surface area contributed by atoms with Crippen LogP contribution in [0.3, 0.4) is 0 Å². The summed E-state index contributed by atoms with van der Waals surface area (Å²) in [5, 5.41) is 3.34. The summed E-state index contributed by atoms with van der Waals surface area (Å²) < 4.78 is 29.3. The van der Waals surface area contributed by atoms with E-state index < -0.39 is 6.61 Å². The molecule has 1 aromatic rings. The van der Waals surface area contributed by atoms with Crippen LogP contribution in [0.4, 0.5) is 8.78 Å². The Labute approximate surface area is 125 Å². The average Bonchev–Trinajstić information content (AvgIpc) is 2.38. The van der Waals surface area contributed by atoms with Gasteiger partial charge in [-0.1, -0.05) is 32.9 Å². The maximum Gasteiger partial charge on any atom is 0.387 e. The van der Waals surface area contributed by atoms with Crippen LogP contribution in [0.2, 0.25) is 0 Å². The number of benzene rings is 1. The number of hydrogen-bond donors (Lipinski definition) is 1. The molecule has 1 fully saturated rings. The molecule has 1 aromatic carbocycles. The van der Waals surface area contributed by atoms with Crippen molar-refractivity contribution >= 4 is 0 Å². The van der Waals surface area contributed by atoms with Gasteiger partial charge in [-0.3, -0.25) is 4.90 Å². The van der Waals surface area contributed by atoms with Crippen molar-refractivity contribution in [1.82, 2.24) is 10.2 Å². The second-order valence-corrected chi connectivity index (χ2v) is 6.51. The van der Waals surface area contributed by atoms with E-state index in [1.54, 1.807) is 18.2 Å². The van der Waals surface area contributed by atoms with Gasteiger partial charge in [0, 0.05) is 32.2 Å². The number of rotatable bonds is 4. The van der Waals surface area contributed by atoms with E-state index in [0.29, 0.717) is 0 Å². The summed E-state index contributed by atoms with van der Waals surface area (Å²) in [4.78, 5) is 2.41. The Morgan fingerprint density at radius 3 is 2.43 bits per heavy atom. The summed E-state index contributed by atoms with van der Waals surface area (Å²) in [5.74, 6) is 0.229. The number of alkyl halides is 2. The first kappa shape index (κ1) is 16.2. The standard InChI is InChI=1S/C16H24F2N2O/c1-16(2,3)14(20-9-7-19-8-10-20)12-5-4-6-13(11-12)21-15(17)18/h4-6,11,14-15,19H,7-10H2,1-3H3/t14-/m1/s1. The Bertz CT molecular complexity index is 454. The van der Waals surface area contributed by atoms with Crippen molar-refractivity contribution in [3.63, 3.8) is 0 Å². The van der Waals surface area contributed by atoms with E-state index >= 15 is 0 Å². The first-order valence-electron chi connectivity index (χ1n) is 7.37. The van der Waals surface area contributed by atoms with Crippen molar-refractivity contribution in [3.05, 3.63) is 29.8 Å². The molecular weight excluding hydrogens is 274 g/mol. The first-order chi connectivity index (χ1) is 9.88. The molecule has 0 amide bonds. The van der Waals surface area contributed by atoms with Gasteiger partial charge in [0.05, 0.1) is 0 Å². The van der Waals surface area contributed by atoms with Crippen LogP contribution in [0, 0.1) is 5.41 Å². The van der Waals surface area contributed by atoms with E-state index in [0.717, 1.165) is 31.7 Å². The van der Waals surface area contributed by atoms with Crippen molar-refractivity contribution in [1.29, 1.82) is 0 Å². The van der Waals surface area contributed by atoms with Crippen molar-refractivity contribution in [2.24, 2.45) is 5.41 Å². The highest BCUT2D eigenvalue weighted by molar-refractivity contribution is 5.31. The highest BCUT2D eigenvalue weighted by atomic mass is 19.3. The quantitative estimate of drug-likeness (QED) is 0.923. The van der Waals surface area contributed by atoms with Gasteiger partial charge in [-0.2, -0.15) is 8.78 Å². The smallest absolute Gasteiger partial charge is 0.387 e. The first-order valence-corrected chi connectivity index (χ1v) is 7.37. The lowest BCUT2D eigenvalue weighted by Crippen LogP contribution is -2.48. The molecular formula is C16H24F2N2O. The molecule has 5 heteroatoms. The maximum absolute atomic E-state index is 12.4. The van der Waals surface area contributed by atoms with E-state index in [4.69, 9.17) is 0 Å². The van der Waals surface area contributed by atoms with Crippen LogP contribution < -0.4 is 10.1 Å². The molecule has 21 heavy (non-hydrogen) atoms. The SMILES string of the molecule is CC(C)(C)[C@@H](c1cccc(OC(F)F)c1)N1CCNCC1. The van der Waals surface area contributed by atoms with Crippen molar-refractivity contribution in [3.8, 4) is 5.75 Å². The lowest BCUT2D eigenvalue weighted by atomic mass is 9.81. The average molecular weight is 298 g/mol. The summed E-state index contributed by atoms with van der Waals surface area (Å²) in [5.41, 5.74) is 1.04. The fraction of sp³-hybridized carbons (Fsp3) is 0.625. The molecule has 0 aromatic heterocycles. The van der Waals surface area contributed by atoms with Crippen LogP contribution in [0.25, 0.3) is 0 Å². The third-order valence-electron chi connectivity index (χ3n) is 3.74. The van der Waals surface area contributed by atoms with Crippen LogP contribution in [-0.2, 0) is 0 Å². The summed E-state index contributed by atoms with van der Waals surface area (Å²) in [6.07, 6.45) is 0. The van der Waals surface area contributed by atoms with Gasteiger partial charge >= 0.3 is 6.61 Å². The molecule has 1 N–H and O–H groups in total. The van der Waals surface area contributed by atoms with Gasteiger partial charge in [-0.25, -0.2) is 0 Å². The van der Waals surface area contributed by atoms with Gasteiger partial charge in [0.25, 0.3) is 0 Å². The maximum atomic E-state index is 12.4. The van der Waals surface area contributed by atoms with Crippen LogP contribution in [0.15, 0.2) is 24.3 Å². The van der Waals surface area contributed by atoms with Crippen molar-refractivity contribution in [2.75, 3.05) is 26.2 Å². The van der Waals surface area contributed by atoms with Crippen LogP contribution in [0.5, 0.6) is 5.75 Å². The van der Waals surface area contributed by atoms with Crippen LogP contribution in [-0.4, -0.2) is 37.7 Å². The van der Waals surface area contributed by atoms with Gasteiger partial charge in [0.15, 0.2) is 0 Å². The molecule has 2 rings (SSSR count). The Morgan fingerprint density at radius 1 is 1.19 bits per heavy atom. The molecule has 1 saturated heterocycles. The third kappa shape index (κ3) is 4.38. The highest BCUT2D eigenvalue weighted by Gasteiger charge is 2.32. The van der Waals surface area contributed by atoms with Gasteiger partial charge < -0.3 is 10.1 Å². The fourth-order valence-electron chi connectivity index (χ4n) is 3.06. The summed E-state index contributed by atoms with van der Waals surface area (Å²) >= 11 is 0. The Morgan fingerprint density at radius 2 is 1.86 bits per heavy atom. The molecule has 1 aliphatic heterocycles. The lowest BCUT2D eigenvalue weighted by molar-refractivity contribution is -0.0499. The van der Waals surface area contributed by atoms with Gasteiger partial charge in [-0.05, 0) is 23.1 Å². The van der Waals surface area contributed by atoms with Crippen LogP contribution in [0.1, 0.15) is 32.4 Å². The number of halogens is 2. The predicted octanol–water partition coefficient (Wildman–Crippen LogP) is 3.28. The van der Waals surface area contributed by atoms with Crippen molar-refractivity contribution < 1.29 is 13.5 Å². The minimum absolute atomic E-state index is 0.0147. The molecule has 118 valence electrons. The second kappa shape index (κ2) is 6.71. The molecule has 0 bridgehead atoms. The van der Waals surface area contributed by atoms with Gasteiger partial charge in [0.2, 0.25) is 0 Å². The fourth-order valence-corrected chi connectivity index (χ4v) is 3.06. The summed E-state index contributed by atoms with van der Waals surface area (Å²) in [7, 11) is 0. The zero-order valence-corrected chi connectivity index (χ0v) is 12.9. The Balaban J connectivity index is 2.28. The van der Waals surface area contributed by atoms with E-state index in [1.165, 1.54) is 0 Å². The normalized spacial score (nSPS) is 18.8. The number of ether oxygens (including phenoxy) is 1. The lowest BCUT2D eigenvalue weighted by Gasteiger charge is -2.42. The summed E-state index contributed by atoms with van der Waals surface area (Å²) in [6, 6.07) is 7.28. The molecule has 0 saturated carbocycles. The number of hydrogen-bond acceptors (Lipinski definition) is 3. The van der Waals surface area contributed by atoms with Gasteiger partial charge in [-0.15, -0.1) is 0 Å². The van der Waals surface area contributed by atoms with E-state index in [2.05, 4.69) is 35.7 Å².